The molecule has 1 heterocycles. The Hall–Kier alpha value is 0.517. The van der Waals surface area contributed by atoms with Crippen molar-refractivity contribution in [2.24, 2.45) is 0 Å². The summed E-state index contributed by atoms with van der Waals surface area (Å²) in [5.41, 5.74) is 0. The van der Waals surface area contributed by atoms with Gasteiger partial charge in [0.2, 0.25) is 0 Å². The molecular formula is C10H22LiNO. The van der Waals surface area contributed by atoms with Gasteiger partial charge in [0.1, 0.15) is 0 Å². The van der Waals surface area contributed by atoms with Crippen LogP contribution in [0.4, 0.5) is 0 Å². The van der Waals surface area contributed by atoms with Crippen LogP contribution in [0, 0.1) is 0 Å². The Morgan fingerprint density at radius 2 is 1.31 bits per heavy atom. The van der Waals surface area contributed by atoms with Gasteiger partial charge in [-0.15, -0.1) is 12.1 Å². The molecule has 0 amide bonds. The smallest absolute Gasteiger partial charge is 0.658 e. The molecule has 0 aromatic heterocycles. The van der Waals surface area contributed by atoms with Crippen molar-refractivity contribution in [3.63, 3.8) is 0 Å². The predicted octanol–water partition coefficient (Wildman–Crippen LogP) is -0.0223. The molecule has 13 heavy (non-hydrogen) atoms. The zero-order valence-corrected chi connectivity index (χ0v) is 9.84. The van der Waals surface area contributed by atoms with Crippen LogP contribution < -0.4 is 18.9 Å². The Kier molecular flexibility index (Phi) is 13.0. The van der Waals surface area contributed by atoms with E-state index in [4.69, 9.17) is 4.74 Å². The molecule has 0 aromatic rings. The van der Waals surface area contributed by atoms with Crippen molar-refractivity contribution >= 4 is 0 Å². The Morgan fingerprint density at radius 3 is 1.38 bits per heavy atom. The molecule has 0 unspecified atom stereocenters. The molecule has 0 aromatic carbocycles. The summed E-state index contributed by atoms with van der Waals surface area (Å²) in [5, 5.41) is 4.28. The van der Waals surface area contributed by atoms with Gasteiger partial charge in [-0.25, -0.2) is 0 Å². The zero-order valence-electron chi connectivity index (χ0n) is 9.84. The summed E-state index contributed by atoms with van der Waals surface area (Å²) >= 11 is 0. The molecule has 0 atom stereocenters. The average molecular weight is 179 g/mol. The number of hydrogen-bond donors (Lipinski definition) is 0. The second-order valence-corrected chi connectivity index (χ2v) is 3.66. The third-order valence-corrected chi connectivity index (χ3v) is 1.42. The quantitative estimate of drug-likeness (QED) is 0.546. The van der Waals surface area contributed by atoms with Gasteiger partial charge in [-0.3, -0.25) is 0 Å². The van der Waals surface area contributed by atoms with Crippen LogP contribution >= 0.6 is 0 Å². The average Bonchev–Trinajstić information content (AvgIpc) is 2.36. The minimum absolute atomic E-state index is 0. The van der Waals surface area contributed by atoms with Gasteiger partial charge < -0.3 is 10.1 Å². The Morgan fingerprint density at radius 1 is 0.923 bits per heavy atom. The van der Waals surface area contributed by atoms with Crippen molar-refractivity contribution < 1.29 is 23.6 Å². The molecule has 0 saturated carbocycles. The molecule has 0 aliphatic carbocycles. The van der Waals surface area contributed by atoms with Crippen molar-refractivity contribution in [3.8, 4) is 0 Å². The van der Waals surface area contributed by atoms with E-state index in [0.717, 1.165) is 13.2 Å². The van der Waals surface area contributed by atoms with Gasteiger partial charge in [-0.2, -0.15) is 0 Å². The van der Waals surface area contributed by atoms with E-state index in [1.54, 1.807) is 0 Å². The van der Waals surface area contributed by atoms with Gasteiger partial charge in [-0.1, -0.05) is 27.7 Å². The normalized spacial score (nSPS) is 15.2. The van der Waals surface area contributed by atoms with Gasteiger partial charge in [-0.05, 0) is 12.8 Å². The van der Waals surface area contributed by atoms with Crippen LogP contribution in [0.15, 0.2) is 0 Å². The number of ether oxygens (including phenoxy) is 1. The van der Waals surface area contributed by atoms with Crippen LogP contribution in [0.5, 0.6) is 0 Å². The van der Waals surface area contributed by atoms with Crippen LogP contribution in [0.3, 0.4) is 0 Å². The number of nitrogens with zero attached hydrogens (tertiary/aromatic N) is 1. The van der Waals surface area contributed by atoms with Crippen molar-refractivity contribution in [2.45, 2.75) is 52.6 Å². The topological polar surface area (TPSA) is 23.3 Å². The second kappa shape index (κ2) is 10.6. The monoisotopic (exact) mass is 179 g/mol. The maximum Gasteiger partial charge on any atom is 1.00 e. The van der Waals surface area contributed by atoms with Crippen LogP contribution in [0.25, 0.3) is 5.32 Å². The molecule has 1 aliphatic heterocycles. The Bertz CT molecular complexity index is 79.3. The molecule has 1 fully saturated rings. The van der Waals surface area contributed by atoms with Crippen LogP contribution in [0.2, 0.25) is 0 Å². The van der Waals surface area contributed by atoms with Crippen molar-refractivity contribution in [1.82, 2.24) is 0 Å². The molecular weight excluding hydrogens is 157 g/mol. The summed E-state index contributed by atoms with van der Waals surface area (Å²) in [7, 11) is 0. The molecule has 0 N–H and O–H groups in total. The van der Waals surface area contributed by atoms with Gasteiger partial charge in [0.05, 0.1) is 0 Å². The van der Waals surface area contributed by atoms with Crippen LogP contribution in [0.1, 0.15) is 40.5 Å². The van der Waals surface area contributed by atoms with E-state index in [-0.39, 0.29) is 18.9 Å². The summed E-state index contributed by atoms with van der Waals surface area (Å²) in [6, 6.07) is 1.000. The molecule has 3 heteroatoms. The fourth-order valence-electron chi connectivity index (χ4n) is 1.11. The van der Waals surface area contributed by atoms with Crippen LogP contribution in [-0.4, -0.2) is 25.3 Å². The minimum atomic E-state index is 0. The van der Waals surface area contributed by atoms with Crippen molar-refractivity contribution in [2.75, 3.05) is 13.2 Å². The Labute approximate surface area is 95.0 Å². The largest absolute Gasteiger partial charge is 1.00 e. The third kappa shape index (κ3) is 15.3. The summed E-state index contributed by atoms with van der Waals surface area (Å²) in [4.78, 5) is 0. The first-order valence-electron chi connectivity index (χ1n) is 4.90. The van der Waals surface area contributed by atoms with Crippen molar-refractivity contribution in [1.29, 1.82) is 0 Å². The molecule has 74 valence electrons. The van der Waals surface area contributed by atoms with Gasteiger partial charge in [0.15, 0.2) is 0 Å². The van der Waals surface area contributed by atoms with E-state index in [2.05, 4.69) is 33.0 Å². The van der Waals surface area contributed by atoms with E-state index < -0.39 is 0 Å². The van der Waals surface area contributed by atoms with Gasteiger partial charge in [0.25, 0.3) is 0 Å². The van der Waals surface area contributed by atoms with E-state index in [9.17, 15) is 0 Å². The second-order valence-electron chi connectivity index (χ2n) is 3.66. The molecule has 1 saturated heterocycles. The fourth-order valence-corrected chi connectivity index (χ4v) is 1.11. The molecule has 0 spiro atoms. The minimum Gasteiger partial charge on any atom is -0.658 e. The van der Waals surface area contributed by atoms with E-state index in [1.807, 2.05) is 0 Å². The zero-order chi connectivity index (χ0) is 9.40. The molecule has 0 bridgehead atoms. The number of rotatable bonds is 2. The standard InChI is InChI=1S/C6H14N.C4H8O.Li/c1-5(2)7-6(3)4;1-2-4-5-3-1;/h5-6H,1-4H3;1-4H2;/q-1;;+1. The maximum absolute atomic E-state index is 4.94. The molecule has 1 aliphatic rings. The summed E-state index contributed by atoms with van der Waals surface area (Å²) in [5.74, 6) is 0. The van der Waals surface area contributed by atoms with E-state index in [0.29, 0.717) is 12.1 Å². The predicted molar refractivity (Wildman–Crippen MR) is 53.7 cm³/mol. The SMILES string of the molecule is C1CCOC1.CC(C)[N-]C(C)C.[Li+]. The first-order chi connectivity index (χ1) is 5.63. The van der Waals surface area contributed by atoms with E-state index in [1.165, 1.54) is 12.8 Å². The maximum atomic E-state index is 4.94. The van der Waals surface area contributed by atoms with E-state index >= 15 is 0 Å². The first-order valence-corrected chi connectivity index (χ1v) is 4.90. The summed E-state index contributed by atoms with van der Waals surface area (Å²) < 4.78 is 4.94. The van der Waals surface area contributed by atoms with Crippen molar-refractivity contribution in [3.05, 3.63) is 5.32 Å². The summed E-state index contributed by atoms with van der Waals surface area (Å²) in [6.45, 7) is 10.4. The summed E-state index contributed by atoms with van der Waals surface area (Å²) in [6.07, 6.45) is 2.56. The molecule has 0 radical (unpaired) electrons. The van der Waals surface area contributed by atoms with Gasteiger partial charge in [0, 0.05) is 13.2 Å². The third-order valence-electron chi connectivity index (χ3n) is 1.42. The fraction of sp³-hybridized carbons (Fsp3) is 1.00. The van der Waals surface area contributed by atoms with Gasteiger partial charge >= 0.3 is 18.9 Å². The molecule has 1 rings (SSSR count). The Balaban J connectivity index is 0. The number of hydrogen-bond acceptors (Lipinski definition) is 1. The molecule has 2 nitrogen and oxygen atoms in total. The first kappa shape index (κ1) is 16.0. The van der Waals surface area contributed by atoms with Crippen LogP contribution in [-0.2, 0) is 4.74 Å².